The lowest BCUT2D eigenvalue weighted by molar-refractivity contribution is -0.120. The van der Waals surface area contributed by atoms with Crippen LogP contribution in [0.25, 0.3) is 0 Å². The first-order chi connectivity index (χ1) is 13.0. The van der Waals surface area contributed by atoms with Gasteiger partial charge in [0, 0.05) is 60.2 Å². The molecule has 0 aromatic carbocycles. The average Bonchev–Trinajstić information content (AvgIpc) is 3.08. The zero-order valence-electron chi connectivity index (χ0n) is 16.7. The zero-order valence-corrected chi connectivity index (χ0v) is 19.0. The van der Waals surface area contributed by atoms with Crippen molar-refractivity contribution in [2.24, 2.45) is 12.0 Å². The number of piperazine rings is 1. The van der Waals surface area contributed by atoms with E-state index in [-0.39, 0.29) is 36.4 Å². The highest BCUT2D eigenvalue weighted by Gasteiger charge is 2.27. The van der Waals surface area contributed by atoms with E-state index >= 15 is 0 Å². The van der Waals surface area contributed by atoms with E-state index in [1.807, 2.05) is 49.3 Å². The standard InChI is InChI=1S/C18H26N8O.HI/c1-19-18(21-10-14-5-6-20-16(9-14)23(2)3)25-7-8-26(17(27)13-25)15-11-22-24(4)12-15;/h5-6,9,11-12H,7-8,10,13H2,1-4H3,(H,19,21);1H. The normalized spacial score (nSPS) is 14.7. The molecular weight excluding hydrogens is 471 g/mol. The Balaban J connectivity index is 0.00000280. The maximum absolute atomic E-state index is 12.6. The van der Waals surface area contributed by atoms with E-state index in [1.54, 1.807) is 29.0 Å². The fraction of sp³-hybridized carbons (Fsp3) is 0.444. The van der Waals surface area contributed by atoms with Gasteiger partial charge in [-0.2, -0.15) is 5.10 Å². The van der Waals surface area contributed by atoms with Crippen LogP contribution in [0.1, 0.15) is 5.56 Å². The van der Waals surface area contributed by atoms with Crippen LogP contribution in [-0.2, 0) is 18.4 Å². The number of amides is 1. The summed E-state index contributed by atoms with van der Waals surface area (Å²) < 4.78 is 1.70. The number of rotatable bonds is 4. The summed E-state index contributed by atoms with van der Waals surface area (Å²) >= 11 is 0. The number of carbonyl (C=O) groups is 1. The molecule has 152 valence electrons. The molecule has 3 rings (SSSR count). The number of nitrogens with one attached hydrogen (secondary N) is 1. The molecule has 1 amide bonds. The number of aryl methyl sites for hydroxylation is 1. The van der Waals surface area contributed by atoms with Crippen LogP contribution >= 0.6 is 24.0 Å². The van der Waals surface area contributed by atoms with Gasteiger partial charge >= 0.3 is 0 Å². The molecule has 1 aliphatic rings. The molecule has 0 atom stereocenters. The average molecular weight is 498 g/mol. The maximum atomic E-state index is 12.6. The molecule has 0 bridgehead atoms. The zero-order chi connectivity index (χ0) is 19.4. The van der Waals surface area contributed by atoms with Crippen molar-refractivity contribution in [3.05, 3.63) is 36.3 Å². The molecule has 0 radical (unpaired) electrons. The van der Waals surface area contributed by atoms with E-state index in [1.165, 1.54) is 0 Å². The summed E-state index contributed by atoms with van der Waals surface area (Å²) in [5.74, 6) is 1.66. The van der Waals surface area contributed by atoms with Gasteiger partial charge in [-0.05, 0) is 17.7 Å². The number of hydrogen-bond donors (Lipinski definition) is 1. The Hall–Kier alpha value is -2.37. The third-order valence-electron chi connectivity index (χ3n) is 4.45. The fourth-order valence-corrected chi connectivity index (χ4v) is 3.00. The van der Waals surface area contributed by atoms with Crippen LogP contribution in [-0.4, -0.2) is 72.3 Å². The van der Waals surface area contributed by atoms with Crippen LogP contribution < -0.4 is 15.1 Å². The van der Waals surface area contributed by atoms with Crippen molar-refractivity contribution in [1.82, 2.24) is 25.0 Å². The molecule has 1 N–H and O–H groups in total. The first kappa shape index (κ1) is 21.9. The molecule has 2 aromatic heterocycles. The van der Waals surface area contributed by atoms with Gasteiger partial charge in [-0.25, -0.2) is 4.98 Å². The lowest BCUT2D eigenvalue weighted by Crippen LogP contribution is -2.55. The Morgan fingerprint density at radius 2 is 2.14 bits per heavy atom. The van der Waals surface area contributed by atoms with Gasteiger partial charge in [0.2, 0.25) is 5.91 Å². The number of aromatic nitrogens is 3. The maximum Gasteiger partial charge on any atom is 0.246 e. The molecular formula is C18H27IN8O. The molecule has 2 aromatic rings. The monoisotopic (exact) mass is 498 g/mol. The van der Waals surface area contributed by atoms with Gasteiger partial charge in [0.1, 0.15) is 12.4 Å². The molecule has 28 heavy (non-hydrogen) atoms. The molecule has 1 fully saturated rings. The highest BCUT2D eigenvalue weighted by molar-refractivity contribution is 14.0. The molecule has 1 saturated heterocycles. The number of pyridine rings is 1. The molecule has 0 saturated carbocycles. The summed E-state index contributed by atoms with van der Waals surface area (Å²) in [5, 5.41) is 7.49. The second-order valence-corrected chi connectivity index (χ2v) is 6.66. The van der Waals surface area contributed by atoms with Gasteiger partial charge in [0.25, 0.3) is 0 Å². The Morgan fingerprint density at radius 3 is 2.75 bits per heavy atom. The third kappa shape index (κ3) is 5.12. The van der Waals surface area contributed by atoms with Gasteiger partial charge in [-0.1, -0.05) is 0 Å². The van der Waals surface area contributed by atoms with Crippen LogP contribution in [0.3, 0.4) is 0 Å². The predicted molar refractivity (Wildman–Crippen MR) is 121 cm³/mol. The lowest BCUT2D eigenvalue weighted by atomic mass is 10.2. The summed E-state index contributed by atoms with van der Waals surface area (Å²) in [4.78, 5) is 27.0. The minimum absolute atomic E-state index is 0. The Morgan fingerprint density at radius 1 is 1.36 bits per heavy atom. The van der Waals surface area contributed by atoms with Gasteiger partial charge in [-0.3, -0.25) is 14.5 Å². The molecule has 0 unspecified atom stereocenters. The summed E-state index contributed by atoms with van der Waals surface area (Å²) in [5.41, 5.74) is 1.94. The lowest BCUT2D eigenvalue weighted by Gasteiger charge is -2.35. The van der Waals surface area contributed by atoms with Crippen LogP contribution in [0.5, 0.6) is 0 Å². The Labute approximate surface area is 182 Å². The summed E-state index contributed by atoms with van der Waals surface area (Å²) in [6.45, 7) is 2.21. The van der Waals surface area contributed by atoms with Crippen molar-refractivity contribution < 1.29 is 4.79 Å². The Kier molecular flexibility index (Phi) is 7.61. The highest BCUT2D eigenvalue weighted by Crippen LogP contribution is 2.16. The first-order valence-corrected chi connectivity index (χ1v) is 8.85. The van der Waals surface area contributed by atoms with Gasteiger partial charge < -0.3 is 20.0 Å². The van der Waals surface area contributed by atoms with Gasteiger partial charge in [0.15, 0.2) is 5.96 Å². The van der Waals surface area contributed by atoms with Gasteiger partial charge in [-0.15, -0.1) is 24.0 Å². The van der Waals surface area contributed by atoms with Crippen LogP contribution in [0.15, 0.2) is 35.7 Å². The summed E-state index contributed by atoms with van der Waals surface area (Å²) in [6.07, 6.45) is 5.37. The second kappa shape index (κ2) is 9.71. The SMILES string of the molecule is CN=C(NCc1ccnc(N(C)C)c1)N1CCN(c2cnn(C)c2)C(=O)C1.I. The Bertz CT molecular complexity index is 834. The van der Waals surface area contributed by atoms with E-state index in [4.69, 9.17) is 0 Å². The van der Waals surface area contributed by atoms with Crippen molar-refractivity contribution in [3.8, 4) is 0 Å². The van der Waals surface area contributed by atoms with Crippen LogP contribution in [0.2, 0.25) is 0 Å². The van der Waals surface area contributed by atoms with Crippen LogP contribution in [0.4, 0.5) is 11.5 Å². The van der Waals surface area contributed by atoms with Crippen molar-refractivity contribution in [1.29, 1.82) is 0 Å². The predicted octanol–water partition coefficient (Wildman–Crippen LogP) is 0.923. The smallest absolute Gasteiger partial charge is 0.246 e. The summed E-state index contributed by atoms with van der Waals surface area (Å²) in [7, 11) is 7.51. The van der Waals surface area contributed by atoms with E-state index in [0.29, 0.717) is 19.6 Å². The van der Waals surface area contributed by atoms with Crippen molar-refractivity contribution in [2.75, 3.05) is 50.6 Å². The molecule has 3 heterocycles. The first-order valence-electron chi connectivity index (χ1n) is 8.85. The fourth-order valence-electron chi connectivity index (χ4n) is 3.00. The number of guanidine groups is 1. The number of halogens is 1. The largest absolute Gasteiger partial charge is 0.363 e. The topological polar surface area (TPSA) is 81.9 Å². The number of carbonyl (C=O) groups excluding carboxylic acids is 1. The summed E-state index contributed by atoms with van der Waals surface area (Å²) in [6, 6.07) is 4.00. The molecule has 0 aliphatic carbocycles. The number of hydrogen-bond acceptors (Lipinski definition) is 5. The van der Waals surface area contributed by atoms with Crippen molar-refractivity contribution in [3.63, 3.8) is 0 Å². The van der Waals surface area contributed by atoms with Crippen molar-refractivity contribution in [2.45, 2.75) is 6.54 Å². The third-order valence-corrected chi connectivity index (χ3v) is 4.45. The number of aliphatic imine (C=N–C) groups is 1. The minimum atomic E-state index is 0. The molecule has 10 heteroatoms. The highest BCUT2D eigenvalue weighted by atomic mass is 127. The van der Waals surface area contributed by atoms with E-state index in [9.17, 15) is 4.79 Å². The minimum Gasteiger partial charge on any atom is -0.363 e. The molecule has 1 aliphatic heterocycles. The van der Waals surface area contributed by atoms with E-state index < -0.39 is 0 Å². The molecule has 9 nitrogen and oxygen atoms in total. The van der Waals surface area contributed by atoms with Crippen LogP contribution in [0, 0.1) is 0 Å². The van der Waals surface area contributed by atoms with E-state index in [0.717, 1.165) is 23.0 Å². The van der Waals surface area contributed by atoms with E-state index in [2.05, 4.69) is 20.4 Å². The number of anilines is 2. The second-order valence-electron chi connectivity index (χ2n) is 6.66. The quantitative estimate of drug-likeness (QED) is 0.384. The van der Waals surface area contributed by atoms with Crippen molar-refractivity contribution >= 4 is 47.3 Å². The number of nitrogens with zero attached hydrogens (tertiary/aromatic N) is 7. The molecule has 0 spiro atoms. The van der Waals surface area contributed by atoms with Gasteiger partial charge in [0.05, 0.1) is 11.9 Å².